The summed E-state index contributed by atoms with van der Waals surface area (Å²) in [6.45, 7) is 3.02. The molecule has 1 atom stereocenters. The molecule has 33 heavy (non-hydrogen) atoms. The van der Waals surface area contributed by atoms with E-state index in [2.05, 4.69) is 5.32 Å². The molecule has 2 aromatic rings. The van der Waals surface area contributed by atoms with Gasteiger partial charge in [0.15, 0.2) is 0 Å². The Kier molecular flexibility index (Phi) is 8.81. The Morgan fingerprint density at radius 2 is 1.79 bits per heavy atom. The van der Waals surface area contributed by atoms with Crippen LogP contribution in [0.2, 0.25) is 0 Å². The third-order valence-corrected chi connectivity index (χ3v) is 6.31. The van der Waals surface area contributed by atoms with Crippen LogP contribution in [0.4, 0.5) is 10.1 Å². The van der Waals surface area contributed by atoms with Crippen LogP contribution in [0.3, 0.4) is 0 Å². The molecule has 0 aromatic heterocycles. The van der Waals surface area contributed by atoms with E-state index in [0.29, 0.717) is 17.7 Å². The van der Waals surface area contributed by atoms with Gasteiger partial charge in [-0.05, 0) is 48.7 Å². The summed E-state index contributed by atoms with van der Waals surface area (Å²) in [5.74, 6) is -1.09. The van der Waals surface area contributed by atoms with Crippen LogP contribution in [0.25, 0.3) is 0 Å². The normalized spacial score (nSPS) is 12.1. The van der Waals surface area contributed by atoms with Crippen LogP contribution in [0.5, 0.6) is 5.75 Å². The van der Waals surface area contributed by atoms with Crippen LogP contribution in [0, 0.1) is 12.7 Å². The molecule has 0 aliphatic rings. The second-order valence-corrected chi connectivity index (χ2v) is 9.54. The largest absolute Gasteiger partial charge is 0.495 e. The van der Waals surface area contributed by atoms with Gasteiger partial charge in [0.1, 0.15) is 24.2 Å². The van der Waals surface area contributed by atoms with Crippen LogP contribution in [0.15, 0.2) is 42.5 Å². The van der Waals surface area contributed by atoms with Crippen molar-refractivity contribution in [2.45, 2.75) is 32.9 Å². The standard InChI is InChI=1S/C23H30FN3O5S/c1-6-19(23(29)25-3)26(14-17-8-10-18(24)11-9-17)22(28)15-27(33(5,30)31)20-13-16(2)7-12-21(20)32-4/h7-13,19H,6,14-15H2,1-5H3,(H,25,29)/t19-/m0/s1. The number of carbonyl (C=O) groups is 2. The molecule has 0 spiro atoms. The maximum absolute atomic E-state index is 13.5. The smallest absolute Gasteiger partial charge is 0.244 e. The molecule has 1 N–H and O–H groups in total. The van der Waals surface area contributed by atoms with Gasteiger partial charge in [-0.25, -0.2) is 12.8 Å². The summed E-state index contributed by atoms with van der Waals surface area (Å²) in [6.07, 6.45) is 1.31. The minimum atomic E-state index is -3.88. The number of carbonyl (C=O) groups excluding carboxylic acids is 2. The zero-order chi connectivity index (χ0) is 24.8. The fourth-order valence-corrected chi connectivity index (χ4v) is 4.31. The van der Waals surface area contributed by atoms with Crippen molar-refractivity contribution < 1.29 is 27.1 Å². The molecule has 2 amide bonds. The summed E-state index contributed by atoms with van der Waals surface area (Å²) in [4.78, 5) is 27.3. The van der Waals surface area contributed by atoms with Crippen molar-refractivity contribution in [2.75, 3.05) is 31.3 Å². The van der Waals surface area contributed by atoms with E-state index in [0.717, 1.165) is 16.1 Å². The number of ether oxygens (including phenoxy) is 1. The number of hydrogen-bond acceptors (Lipinski definition) is 5. The van der Waals surface area contributed by atoms with E-state index >= 15 is 0 Å². The number of anilines is 1. The Hall–Kier alpha value is -3.14. The highest BCUT2D eigenvalue weighted by Crippen LogP contribution is 2.31. The highest BCUT2D eigenvalue weighted by atomic mass is 32.2. The third-order valence-electron chi connectivity index (χ3n) is 5.18. The van der Waals surface area contributed by atoms with Crippen molar-refractivity contribution in [2.24, 2.45) is 0 Å². The van der Waals surface area contributed by atoms with Crippen LogP contribution < -0.4 is 14.4 Å². The minimum absolute atomic E-state index is 0.00753. The number of halogens is 1. The Balaban J connectivity index is 2.49. The molecule has 180 valence electrons. The maximum Gasteiger partial charge on any atom is 0.244 e. The van der Waals surface area contributed by atoms with Gasteiger partial charge in [0.25, 0.3) is 0 Å². The molecule has 0 saturated heterocycles. The number of nitrogens with zero attached hydrogens (tertiary/aromatic N) is 2. The summed E-state index contributed by atoms with van der Waals surface area (Å²) in [6, 6.07) is 9.74. The van der Waals surface area contributed by atoms with E-state index in [9.17, 15) is 22.4 Å². The molecule has 0 saturated carbocycles. The molecular weight excluding hydrogens is 449 g/mol. The number of rotatable bonds is 10. The number of amides is 2. The van der Waals surface area contributed by atoms with Gasteiger partial charge in [-0.15, -0.1) is 0 Å². The van der Waals surface area contributed by atoms with Gasteiger partial charge < -0.3 is 15.0 Å². The molecule has 2 rings (SSSR count). The third kappa shape index (κ3) is 6.67. The monoisotopic (exact) mass is 479 g/mol. The number of nitrogens with one attached hydrogen (secondary N) is 1. The van der Waals surface area contributed by atoms with Crippen molar-refractivity contribution in [1.82, 2.24) is 10.2 Å². The molecule has 0 aliphatic heterocycles. The average Bonchev–Trinajstić information content (AvgIpc) is 2.77. The first-order valence-corrected chi connectivity index (χ1v) is 12.2. The highest BCUT2D eigenvalue weighted by Gasteiger charge is 2.32. The summed E-state index contributed by atoms with van der Waals surface area (Å²) in [5, 5.41) is 2.54. The lowest BCUT2D eigenvalue weighted by Gasteiger charge is -2.33. The predicted octanol–water partition coefficient (Wildman–Crippen LogP) is 2.46. The van der Waals surface area contributed by atoms with Gasteiger partial charge in [-0.2, -0.15) is 0 Å². The van der Waals surface area contributed by atoms with E-state index in [-0.39, 0.29) is 18.1 Å². The average molecular weight is 480 g/mol. The van der Waals surface area contributed by atoms with Crippen molar-refractivity contribution in [3.8, 4) is 5.75 Å². The number of benzene rings is 2. The van der Waals surface area contributed by atoms with Gasteiger partial charge in [-0.3, -0.25) is 13.9 Å². The molecule has 0 fully saturated rings. The number of likely N-dealkylation sites (N-methyl/N-ethyl adjacent to an activating group) is 1. The molecule has 2 aromatic carbocycles. The number of methoxy groups -OCH3 is 1. The second kappa shape index (κ2) is 11.1. The lowest BCUT2D eigenvalue weighted by atomic mass is 10.1. The molecule has 8 nitrogen and oxygen atoms in total. The lowest BCUT2D eigenvalue weighted by Crippen LogP contribution is -2.51. The lowest BCUT2D eigenvalue weighted by molar-refractivity contribution is -0.140. The van der Waals surface area contributed by atoms with Crippen LogP contribution in [-0.4, -0.2) is 58.1 Å². The Labute approximate surface area is 194 Å². The molecule has 0 aliphatic carbocycles. The molecule has 0 unspecified atom stereocenters. The van der Waals surface area contributed by atoms with E-state index in [4.69, 9.17) is 4.74 Å². The van der Waals surface area contributed by atoms with E-state index in [1.54, 1.807) is 32.0 Å². The van der Waals surface area contributed by atoms with Crippen molar-refractivity contribution in [3.05, 3.63) is 59.4 Å². The van der Waals surface area contributed by atoms with Crippen molar-refractivity contribution in [3.63, 3.8) is 0 Å². The second-order valence-electron chi connectivity index (χ2n) is 7.63. The quantitative estimate of drug-likeness (QED) is 0.565. The topological polar surface area (TPSA) is 96.0 Å². The molecule has 0 radical (unpaired) electrons. The fraction of sp³-hybridized carbons (Fsp3) is 0.391. The number of aryl methyl sites for hydroxylation is 1. The zero-order valence-electron chi connectivity index (χ0n) is 19.5. The van der Waals surface area contributed by atoms with Gasteiger partial charge >= 0.3 is 0 Å². The van der Waals surface area contributed by atoms with Gasteiger partial charge in [0.2, 0.25) is 21.8 Å². The van der Waals surface area contributed by atoms with Gasteiger partial charge in [0.05, 0.1) is 19.1 Å². The zero-order valence-corrected chi connectivity index (χ0v) is 20.3. The Bertz CT molecular complexity index is 1090. The van der Waals surface area contributed by atoms with Gasteiger partial charge in [-0.1, -0.05) is 25.1 Å². The van der Waals surface area contributed by atoms with E-state index in [1.807, 2.05) is 0 Å². The maximum atomic E-state index is 13.5. The minimum Gasteiger partial charge on any atom is -0.495 e. The summed E-state index contributed by atoms with van der Waals surface area (Å²) < 4.78 is 45.0. The molecule has 10 heteroatoms. The number of hydrogen-bond donors (Lipinski definition) is 1. The fourth-order valence-electron chi connectivity index (χ4n) is 3.46. The summed E-state index contributed by atoms with van der Waals surface area (Å²) in [7, 11) is -1.000. The highest BCUT2D eigenvalue weighted by molar-refractivity contribution is 7.92. The van der Waals surface area contributed by atoms with Crippen LogP contribution >= 0.6 is 0 Å². The first-order chi connectivity index (χ1) is 15.5. The molecule has 0 bridgehead atoms. The molecule has 0 heterocycles. The first kappa shape index (κ1) is 26.1. The summed E-state index contributed by atoms with van der Waals surface area (Å²) in [5.41, 5.74) is 1.61. The SMILES string of the molecule is CC[C@@H](C(=O)NC)N(Cc1ccc(F)cc1)C(=O)CN(c1cc(C)ccc1OC)S(C)(=O)=O. The summed E-state index contributed by atoms with van der Waals surface area (Å²) >= 11 is 0. The van der Waals surface area contributed by atoms with Crippen molar-refractivity contribution in [1.29, 1.82) is 0 Å². The van der Waals surface area contributed by atoms with Crippen LogP contribution in [0.1, 0.15) is 24.5 Å². The first-order valence-electron chi connectivity index (χ1n) is 10.4. The Morgan fingerprint density at radius 3 is 2.30 bits per heavy atom. The predicted molar refractivity (Wildman–Crippen MR) is 125 cm³/mol. The van der Waals surface area contributed by atoms with Crippen LogP contribution in [-0.2, 0) is 26.2 Å². The van der Waals surface area contributed by atoms with Crippen molar-refractivity contribution >= 4 is 27.5 Å². The van der Waals surface area contributed by atoms with Gasteiger partial charge in [0, 0.05) is 13.6 Å². The Morgan fingerprint density at radius 1 is 1.15 bits per heavy atom. The van der Waals surface area contributed by atoms with E-state index in [1.165, 1.54) is 43.3 Å². The number of sulfonamides is 1. The van der Waals surface area contributed by atoms with E-state index < -0.39 is 34.3 Å². The molecular formula is C23H30FN3O5S.